The molecule has 1 N–H and O–H groups in total. The summed E-state index contributed by atoms with van der Waals surface area (Å²) in [4.78, 5) is 24.5. The average molecular weight is 367 g/mol. The van der Waals surface area contributed by atoms with E-state index < -0.39 is 10.0 Å². The molecule has 1 aromatic rings. The molecular weight excluding hydrogens is 342 g/mol. The highest BCUT2D eigenvalue weighted by atomic mass is 32.2. The zero-order valence-electron chi connectivity index (χ0n) is 14.6. The van der Waals surface area contributed by atoms with Gasteiger partial charge in [-0.3, -0.25) is 9.59 Å². The Hall–Kier alpha value is -1.93. The number of benzene rings is 1. The SMILES string of the molecule is CC(C)CCNC(=O)c1ccc(S(=O)(=O)N2CCN(C=O)CC2)cc1. The number of carbonyl (C=O) groups excluding carboxylic acids is 2. The summed E-state index contributed by atoms with van der Waals surface area (Å²) in [5.74, 6) is 0.302. The second kappa shape index (κ2) is 8.44. The minimum atomic E-state index is -3.61. The van der Waals surface area contributed by atoms with E-state index in [0.717, 1.165) is 12.8 Å². The van der Waals surface area contributed by atoms with Gasteiger partial charge in [-0.2, -0.15) is 4.31 Å². The largest absolute Gasteiger partial charge is 0.352 e. The van der Waals surface area contributed by atoms with E-state index in [0.29, 0.717) is 31.1 Å². The van der Waals surface area contributed by atoms with Crippen LogP contribution in [0.3, 0.4) is 0 Å². The predicted octanol–water partition coefficient (Wildman–Crippen LogP) is 0.925. The smallest absolute Gasteiger partial charge is 0.251 e. The van der Waals surface area contributed by atoms with Gasteiger partial charge in [0.25, 0.3) is 5.91 Å². The third-order valence-electron chi connectivity index (χ3n) is 4.18. The van der Waals surface area contributed by atoms with Gasteiger partial charge in [0.05, 0.1) is 4.90 Å². The number of rotatable bonds is 7. The quantitative estimate of drug-likeness (QED) is 0.726. The Balaban J connectivity index is 2.01. The fraction of sp³-hybridized carbons (Fsp3) is 0.529. The van der Waals surface area contributed by atoms with Crippen LogP contribution in [-0.4, -0.2) is 62.7 Å². The van der Waals surface area contributed by atoms with Crippen LogP contribution in [0.2, 0.25) is 0 Å². The lowest BCUT2D eigenvalue weighted by Gasteiger charge is -2.31. The monoisotopic (exact) mass is 367 g/mol. The Bertz CT molecular complexity index is 693. The van der Waals surface area contributed by atoms with Gasteiger partial charge >= 0.3 is 0 Å². The molecule has 0 spiro atoms. The van der Waals surface area contributed by atoms with Crippen molar-refractivity contribution in [3.63, 3.8) is 0 Å². The van der Waals surface area contributed by atoms with Gasteiger partial charge in [0, 0.05) is 38.3 Å². The van der Waals surface area contributed by atoms with Crippen molar-refractivity contribution in [2.24, 2.45) is 5.92 Å². The van der Waals surface area contributed by atoms with Crippen LogP contribution in [-0.2, 0) is 14.8 Å². The number of hydrogen-bond donors (Lipinski definition) is 1. The van der Waals surface area contributed by atoms with Gasteiger partial charge in [-0.05, 0) is 36.6 Å². The lowest BCUT2D eigenvalue weighted by molar-refractivity contribution is -0.119. The highest BCUT2D eigenvalue weighted by Gasteiger charge is 2.28. The van der Waals surface area contributed by atoms with Crippen molar-refractivity contribution in [3.8, 4) is 0 Å². The highest BCUT2D eigenvalue weighted by Crippen LogP contribution is 2.18. The standard InChI is InChI=1S/C17H25N3O4S/c1-14(2)7-8-18-17(22)15-3-5-16(6-4-15)25(23,24)20-11-9-19(13-21)10-12-20/h3-6,13-14H,7-12H2,1-2H3,(H,18,22). The van der Waals surface area contributed by atoms with E-state index in [2.05, 4.69) is 19.2 Å². The van der Waals surface area contributed by atoms with E-state index >= 15 is 0 Å². The molecule has 0 aromatic heterocycles. The number of piperazine rings is 1. The van der Waals surface area contributed by atoms with E-state index in [4.69, 9.17) is 0 Å². The summed E-state index contributed by atoms with van der Waals surface area (Å²) in [6.07, 6.45) is 1.63. The Morgan fingerprint density at radius 2 is 1.76 bits per heavy atom. The minimum absolute atomic E-state index is 0.158. The average Bonchev–Trinajstić information content (AvgIpc) is 2.61. The van der Waals surface area contributed by atoms with Gasteiger partial charge in [-0.1, -0.05) is 13.8 Å². The van der Waals surface area contributed by atoms with E-state index in [-0.39, 0.29) is 23.9 Å². The van der Waals surface area contributed by atoms with Crippen LogP contribution in [0.5, 0.6) is 0 Å². The number of nitrogens with zero attached hydrogens (tertiary/aromatic N) is 2. The molecule has 1 aliphatic heterocycles. The second-order valence-electron chi connectivity index (χ2n) is 6.51. The second-order valence-corrected chi connectivity index (χ2v) is 8.45. The highest BCUT2D eigenvalue weighted by molar-refractivity contribution is 7.89. The van der Waals surface area contributed by atoms with Crippen LogP contribution in [0.1, 0.15) is 30.6 Å². The Labute approximate surface area is 149 Å². The van der Waals surface area contributed by atoms with E-state index in [9.17, 15) is 18.0 Å². The maximum Gasteiger partial charge on any atom is 0.251 e. The van der Waals surface area contributed by atoms with Gasteiger partial charge in [0.2, 0.25) is 16.4 Å². The van der Waals surface area contributed by atoms with Crippen molar-refractivity contribution in [2.45, 2.75) is 25.2 Å². The van der Waals surface area contributed by atoms with Crippen LogP contribution in [0, 0.1) is 5.92 Å². The molecule has 1 aromatic carbocycles. The first-order valence-electron chi connectivity index (χ1n) is 8.42. The molecule has 1 fully saturated rings. The predicted molar refractivity (Wildman–Crippen MR) is 94.6 cm³/mol. The van der Waals surface area contributed by atoms with E-state index in [1.807, 2.05) is 0 Å². The lowest BCUT2D eigenvalue weighted by Crippen LogP contribution is -2.47. The van der Waals surface area contributed by atoms with Crippen molar-refractivity contribution in [3.05, 3.63) is 29.8 Å². The van der Waals surface area contributed by atoms with E-state index in [1.54, 1.807) is 4.90 Å². The van der Waals surface area contributed by atoms with Crippen LogP contribution >= 0.6 is 0 Å². The number of carbonyl (C=O) groups is 2. The van der Waals surface area contributed by atoms with Gasteiger partial charge in [0.15, 0.2) is 0 Å². The number of nitrogens with one attached hydrogen (secondary N) is 1. The van der Waals surface area contributed by atoms with Crippen LogP contribution in [0.15, 0.2) is 29.2 Å². The molecule has 0 radical (unpaired) electrons. The summed E-state index contributed by atoms with van der Waals surface area (Å²) in [5, 5.41) is 2.83. The molecule has 2 amide bonds. The summed E-state index contributed by atoms with van der Waals surface area (Å²) in [5.41, 5.74) is 0.438. The molecule has 1 heterocycles. The fourth-order valence-electron chi connectivity index (χ4n) is 2.55. The van der Waals surface area contributed by atoms with Crippen LogP contribution < -0.4 is 5.32 Å². The molecule has 0 unspecified atom stereocenters. The molecule has 2 rings (SSSR count). The Morgan fingerprint density at radius 1 is 1.16 bits per heavy atom. The molecule has 0 atom stereocenters. The molecule has 8 heteroatoms. The van der Waals surface area contributed by atoms with Crippen molar-refractivity contribution in [1.29, 1.82) is 0 Å². The van der Waals surface area contributed by atoms with Crippen molar-refractivity contribution < 1.29 is 18.0 Å². The summed E-state index contributed by atoms with van der Waals surface area (Å²) >= 11 is 0. The molecule has 0 bridgehead atoms. The Kier molecular flexibility index (Phi) is 6.55. The van der Waals surface area contributed by atoms with E-state index in [1.165, 1.54) is 28.6 Å². The van der Waals surface area contributed by atoms with Crippen molar-refractivity contribution >= 4 is 22.3 Å². The van der Waals surface area contributed by atoms with Crippen LogP contribution in [0.4, 0.5) is 0 Å². The first-order chi connectivity index (χ1) is 11.8. The molecule has 138 valence electrons. The summed E-state index contributed by atoms with van der Waals surface area (Å²) in [6.45, 7) is 6.09. The zero-order valence-corrected chi connectivity index (χ0v) is 15.5. The van der Waals surface area contributed by atoms with Gasteiger partial charge in [0.1, 0.15) is 0 Å². The third-order valence-corrected chi connectivity index (χ3v) is 6.10. The van der Waals surface area contributed by atoms with Crippen LogP contribution in [0.25, 0.3) is 0 Å². The lowest BCUT2D eigenvalue weighted by atomic mass is 10.1. The third kappa shape index (κ3) is 5.02. The molecule has 1 aliphatic rings. The fourth-order valence-corrected chi connectivity index (χ4v) is 3.98. The van der Waals surface area contributed by atoms with Crippen molar-refractivity contribution in [2.75, 3.05) is 32.7 Å². The number of sulfonamides is 1. The molecular formula is C17H25N3O4S. The maximum atomic E-state index is 12.6. The summed E-state index contributed by atoms with van der Waals surface area (Å²) in [6, 6.07) is 5.97. The topological polar surface area (TPSA) is 86.8 Å². The number of amides is 2. The van der Waals surface area contributed by atoms with Gasteiger partial charge in [-0.25, -0.2) is 8.42 Å². The van der Waals surface area contributed by atoms with Gasteiger partial charge < -0.3 is 10.2 Å². The minimum Gasteiger partial charge on any atom is -0.352 e. The zero-order chi connectivity index (χ0) is 18.4. The Morgan fingerprint density at radius 3 is 2.28 bits per heavy atom. The maximum absolute atomic E-state index is 12.6. The van der Waals surface area contributed by atoms with Crippen molar-refractivity contribution in [1.82, 2.24) is 14.5 Å². The first kappa shape index (κ1) is 19.4. The van der Waals surface area contributed by atoms with Gasteiger partial charge in [-0.15, -0.1) is 0 Å². The molecule has 0 saturated carbocycles. The first-order valence-corrected chi connectivity index (χ1v) is 9.86. The normalized spacial score (nSPS) is 16.0. The molecule has 7 nitrogen and oxygen atoms in total. The molecule has 0 aliphatic carbocycles. The summed E-state index contributed by atoms with van der Waals surface area (Å²) < 4.78 is 26.6. The number of hydrogen-bond acceptors (Lipinski definition) is 4. The summed E-state index contributed by atoms with van der Waals surface area (Å²) in [7, 11) is -3.61. The molecule has 1 saturated heterocycles. The molecule has 25 heavy (non-hydrogen) atoms.